The fourth-order valence-corrected chi connectivity index (χ4v) is 2.45. The number of ether oxygens (including phenoxy) is 1. The first-order valence-electron chi connectivity index (χ1n) is 4.69. The second-order valence-electron chi connectivity index (χ2n) is 3.29. The zero-order valence-electron chi connectivity index (χ0n) is 8.05. The number of aromatic carboxylic acids is 1. The van der Waals surface area contributed by atoms with Gasteiger partial charge < -0.3 is 9.84 Å². The highest BCUT2D eigenvalue weighted by molar-refractivity contribution is 7.99. The topological polar surface area (TPSA) is 59.4 Å². The number of carboxylic acids is 1. The van der Waals surface area contributed by atoms with Crippen LogP contribution in [0.15, 0.2) is 18.3 Å². The molecule has 1 fully saturated rings. The van der Waals surface area contributed by atoms with Crippen LogP contribution in [0, 0.1) is 0 Å². The van der Waals surface area contributed by atoms with Crippen LogP contribution in [0.2, 0.25) is 0 Å². The van der Waals surface area contributed by atoms with E-state index in [1.807, 2.05) is 11.8 Å². The summed E-state index contributed by atoms with van der Waals surface area (Å²) in [6.07, 6.45) is 2.57. The van der Waals surface area contributed by atoms with Gasteiger partial charge in [0.25, 0.3) is 0 Å². The van der Waals surface area contributed by atoms with E-state index in [0.29, 0.717) is 5.88 Å². The van der Waals surface area contributed by atoms with Gasteiger partial charge in [-0.25, -0.2) is 9.78 Å². The third-order valence-corrected chi connectivity index (χ3v) is 3.29. The van der Waals surface area contributed by atoms with Gasteiger partial charge in [-0.2, -0.15) is 11.8 Å². The predicted octanol–water partition coefficient (Wildman–Crippen LogP) is 1.66. The molecule has 1 saturated heterocycles. The first-order chi connectivity index (χ1) is 7.25. The van der Waals surface area contributed by atoms with E-state index in [0.717, 1.165) is 17.9 Å². The Morgan fingerprint density at radius 1 is 1.60 bits per heavy atom. The molecule has 0 unspecified atom stereocenters. The minimum atomic E-state index is -0.967. The molecule has 1 N–H and O–H groups in total. The van der Waals surface area contributed by atoms with Crippen molar-refractivity contribution in [2.45, 2.75) is 12.5 Å². The molecule has 5 heteroatoms. The molecule has 0 bridgehead atoms. The van der Waals surface area contributed by atoms with E-state index in [4.69, 9.17) is 9.84 Å². The highest BCUT2D eigenvalue weighted by atomic mass is 32.2. The minimum Gasteiger partial charge on any atom is -0.478 e. The predicted molar refractivity (Wildman–Crippen MR) is 57.6 cm³/mol. The molecular weight excluding hydrogens is 214 g/mol. The first-order valence-corrected chi connectivity index (χ1v) is 5.85. The lowest BCUT2D eigenvalue weighted by molar-refractivity contribution is 0.0696. The molecule has 4 nitrogen and oxygen atoms in total. The zero-order chi connectivity index (χ0) is 10.7. The maximum absolute atomic E-state index is 10.6. The Bertz CT molecular complexity index is 346. The number of pyridine rings is 1. The number of hydrogen-bond donors (Lipinski definition) is 1. The summed E-state index contributed by atoms with van der Waals surface area (Å²) < 4.78 is 5.59. The number of carboxylic acid groups (broad SMARTS) is 1. The summed E-state index contributed by atoms with van der Waals surface area (Å²) in [4.78, 5) is 14.5. The van der Waals surface area contributed by atoms with Gasteiger partial charge in [0.2, 0.25) is 5.88 Å². The highest BCUT2D eigenvalue weighted by Crippen LogP contribution is 2.21. The fraction of sp³-hybridized carbons (Fsp3) is 0.400. The molecular formula is C10H11NO3S. The van der Waals surface area contributed by atoms with Gasteiger partial charge in [-0.3, -0.25) is 0 Å². The molecule has 1 aliphatic heterocycles. The van der Waals surface area contributed by atoms with Crippen LogP contribution in [0.5, 0.6) is 5.88 Å². The van der Waals surface area contributed by atoms with Crippen LogP contribution in [-0.2, 0) is 0 Å². The molecule has 0 amide bonds. The molecule has 0 saturated carbocycles. The normalized spacial score (nSPS) is 20.1. The van der Waals surface area contributed by atoms with Crippen molar-refractivity contribution in [3.8, 4) is 5.88 Å². The van der Waals surface area contributed by atoms with Crippen molar-refractivity contribution in [3.63, 3.8) is 0 Å². The summed E-state index contributed by atoms with van der Waals surface area (Å²) in [5.41, 5.74) is 0.183. The molecule has 2 rings (SSSR count). The van der Waals surface area contributed by atoms with Gasteiger partial charge in [-0.05, 0) is 18.2 Å². The lowest BCUT2D eigenvalue weighted by Crippen LogP contribution is -2.15. The van der Waals surface area contributed by atoms with E-state index in [-0.39, 0.29) is 11.7 Å². The summed E-state index contributed by atoms with van der Waals surface area (Å²) in [5.74, 6) is 1.65. The maximum atomic E-state index is 10.6. The molecule has 0 aromatic carbocycles. The monoisotopic (exact) mass is 225 g/mol. The number of hydrogen-bond acceptors (Lipinski definition) is 4. The Labute approximate surface area is 91.7 Å². The Kier molecular flexibility index (Phi) is 3.11. The van der Waals surface area contributed by atoms with Crippen molar-refractivity contribution in [1.29, 1.82) is 0 Å². The van der Waals surface area contributed by atoms with Gasteiger partial charge in [-0.15, -0.1) is 0 Å². The summed E-state index contributed by atoms with van der Waals surface area (Å²) in [7, 11) is 0. The number of thioether (sulfide) groups is 1. The molecule has 15 heavy (non-hydrogen) atoms. The van der Waals surface area contributed by atoms with Crippen molar-refractivity contribution >= 4 is 17.7 Å². The van der Waals surface area contributed by atoms with Crippen LogP contribution in [0.1, 0.15) is 16.8 Å². The highest BCUT2D eigenvalue weighted by Gasteiger charge is 2.17. The van der Waals surface area contributed by atoms with E-state index in [2.05, 4.69) is 4.98 Å². The van der Waals surface area contributed by atoms with Gasteiger partial charge in [0.15, 0.2) is 0 Å². The van der Waals surface area contributed by atoms with Crippen LogP contribution < -0.4 is 4.74 Å². The summed E-state index contributed by atoms with van der Waals surface area (Å²) in [5, 5.41) is 8.68. The van der Waals surface area contributed by atoms with Crippen LogP contribution >= 0.6 is 11.8 Å². The second kappa shape index (κ2) is 4.53. The van der Waals surface area contributed by atoms with Crippen LogP contribution in [0.25, 0.3) is 0 Å². The van der Waals surface area contributed by atoms with Gasteiger partial charge in [0.1, 0.15) is 6.10 Å². The van der Waals surface area contributed by atoms with Gasteiger partial charge in [-0.1, -0.05) is 0 Å². The van der Waals surface area contributed by atoms with Crippen molar-refractivity contribution in [1.82, 2.24) is 4.98 Å². The standard InChI is InChI=1S/C10H11NO3S/c12-10(13)7-1-2-9(11-5-7)14-8-3-4-15-6-8/h1-2,5,8H,3-4,6H2,(H,12,13)/t8-/m1/s1. The Hall–Kier alpha value is -1.23. The van der Waals surface area contributed by atoms with Gasteiger partial charge in [0, 0.05) is 18.0 Å². The average Bonchev–Trinajstić information content (AvgIpc) is 2.71. The third-order valence-electron chi connectivity index (χ3n) is 2.16. The van der Waals surface area contributed by atoms with Crippen molar-refractivity contribution in [2.24, 2.45) is 0 Å². The quantitative estimate of drug-likeness (QED) is 0.847. The van der Waals surface area contributed by atoms with Crippen molar-refractivity contribution < 1.29 is 14.6 Å². The number of rotatable bonds is 3. The summed E-state index contributed by atoms with van der Waals surface area (Å²) >= 11 is 1.86. The van der Waals surface area contributed by atoms with E-state index >= 15 is 0 Å². The van der Waals surface area contributed by atoms with E-state index in [9.17, 15) is 4.79 Å². The Morgan fingerprint density at radius 2 is 2.47 bits per heavy atom. The van der Waals surface area contributed by atoms with Gasteiger partial charge >= 0.3 is 5.97 Å². The van der Waals surface area contributed by atoms with Crippen molar-refractivity contribution in [2.75, 3.05) is 11.5 Å². The molecule has 1 atom stereocenters. The van der Waals surface area contributed by atoms with E-state index < -0.39 is 5.97 Å². The third kappa shape index (κ3) is 2.62. The molecule has 2 heterocycles. The summed E-state index contributed by atoms with van der Waals surface area (Å²) in [6.45, 7) is 0. The smallest absolute Gasteiger partial charge is 0.337 e. The number of carbonyl (C=O) groups is 1. The number of aromatic nitrogens is 1. The molecule has 80 valence electrons. The van der Waals surface area contributed by atoms with Crippen LogP contribution in [0.4, 0.5) is 0 Å². The molecule has 1 aliphatic rings. The zero-order valence-corrected chi connectivity index (χ0v) is 8.87. The van der Waals surface area contributed by atoms with Crippen LogP contribution in [-0.4, -0.2) is 33.7 Å². The van der Waals surface area contributed by atoms with E-state index in [1.54, 1.807) is 6.07 Å². The Balaban J connectivity index is 2.00. The Morgan fingerprint density at radius 3 is 3.00 bits per heavy atom. The summed E-state index contributed by atoms with van der Waals surface area (Å²) in [6, 6.07) is 3.11. The largest absolute Gasteiger partial charge is 0.478 e. The second-order valence-corrected chi connectivity index (χ2v) is 4.44. The molecule has 0 radical (unpaired) electrons. The van der Waals surface area contributed by atoms with Crippen molar-refractivity contribution in [3.05, 3.63) is 23.9 Å². The molecule has 0 aliphatic carbocycles. The average molecular weight is 225 g/mol. The van der Waals surface area contributed by atoms with E-state index in [1.165, 1.54) is 12.3 Å². The van der Waals surface area contributed by atoms with Gasteiger partial charge in [0.05, 0.1) is 5.56 Å². The lowest BCUT2D eigenvalue weighted by atomic mass is 10.3. The molecule has 1 aromatic heterocycles. The lowest BCUT2D eigenvalue weighted by Gasteiger charge is -2.10. The SMILES string of the molecule is O=C(O)c1ccc(O[C@@H]2CCSC2)nc1. The fourth-order valence-electron chi connectivity index (χ4n) is 1.35. The number of nitrogens with zero attached hydrogens (tertiary/aromatic N) is 1. The van der Waals surface area contributed by atoms with Crippen LogP contribution in [0.3, 0.4) is 0 Å². The maximum Gasteiger partial charge on any atom is 0.337 e. The molecule has 0 spiro atoms. The minimum absolute atomic E-state index is 0.183. The first kappa shape index (κ1) is 10.3. The molecule has 1 aromatic rings.